The van der Waals surface area contributed by atoms with E-state index in [4.69, 9.17) is 5.84 Å². The number of hydrazine groups is 1. The minimum atomic E-state index is -4.29. The standard InChI is InChI=1S/C8H9F3N2/c1-5-4-6(8(9,10)11)2-3-7(5)13-12/h2-4,13H,12H2,1H3. The van der Waals surface area contributed by atoms with Gasteiger partial charge in [-0.15, -0.1) is 0 Å². The maximum absolute atomic E-state index is 12.2. The summed E-state index contributed by atoms with van der Waals surface area (Å²) in [5.74, 6) is 5.08. The lowest BCUT2D eigenvalue weighted by Crippen LogP contribution is -2.10. The molecule has 0 aliphatic heterocycles. The van der Waals surface area contributed by atoms with Gasteiger partial charge in [-0.2, -0.15) is 13.2 Å². The molecule has 0 atom stereocenters. The molecule has 0 aliphatic carbocycles. The molecule has 0 fully saturated rings. The Morgan fingerprint density at radius 3 is 2.31 bits per heavy atom. The first-order valence-corrected chi connectivity index (χ1v) is 3.59. The molecule has 5 heteroatoms. The highest BCUT2D eigenvalue weighted by Crippen LogP contribution is 2.31. The van der Waals surface area contributed by atoms with Crippen molar-refractivity contribution < 1.29 is 13.2 Å². The molecule has 0 saturated carbocycles. The summed E-state index contributed by atoms with van der Waals surface area (Å²) < 4.78 is 36.5. The first-order chi connectivity index (χ1) is 5.95. The van der Waals surface area contributed by atoms with E-state index >= 15 is 0 Å². The first kappa shape index (κ1) is 9.85. The molecule has 3 N–H and O–H groups in total. The van der Waals surface area contributed by atoms with E-state index in [9.17, 15) is 13.2 Å². The van der Waals surface area contributed by atoms with Crippen LogP contribution in [0.15, 0.2) is 18.2 Å². The summed E-state index contributed by atoms with van der Waals surface area (Å²) in [4.78, 5) is 0. The van der Waals surface area contributed by atoms with Crippen LogP contribution >= 0.6 is 0 Å². The molecule has 0 unspecified atom stereocenters. The SMILES string of the molecule is Cc1cc(C(F)(F)F)ccc1NN. The number of aryl methyl sites for hydroxylation is 1. The van der Waals surface area contributed by atoms with E-state index in [0.29, 0.717) is 11.3 Å². The van der Waals surface area contributed by atoms with E-state index in [1.807, 2.05) is 0 Å². The fraction of sp³-hybridized carbons (Fsp3) is 0.250. The third-order valence-electron chi connectivity index (χ3n) is 1.71. The van der Waals surface area contributed by atoms with Crippen LogP contribution in [0.4, 0.5) is 18.9 Å². The van der Waals surface area contributed by atoms with E-state index in [2.05, 4.69) is 5.43 Å². The van der Waals surface area contributed by atoms with Gasteiger partial charge in [-0.05, 0) is 30.7 Å². The maximum Gasteiger partial charge on any atom is 0.416 e. The summed E-state index contributed by atoms with van der Waals surface area (Å²) in [5.41, 5.74) is 2.61. The van der Waals surface area contributed by atoms with Crippen LogP contribution in [-0.2, 0) is 6.18 Å². The van der Waals surface area contributed by atoms with Gasteiger partial charge in [0.2, 0.25) is 0 Å². The fourth-order valence-corrected chi connectivity index (χ4v) is 1.00. The molecule has 1 aromatic carbocycles. The van der Waals surface area contributed by atoms with E-state index in [1.54, 1.807) is 6.92 Å². The monoisotopic (exact) mass is 190 g/mol. The van der Waals surface area contributed by atoms with Gasteiger partial charge in [0.1, 0.15) is 0 Å². The minimum absolute atomic E-state index is 0.470. The number of anilines is 1. The van der Waals surface area contributed by atoms with Gasteiger partial charge in [-0.1, -0.05) is 0 Å². The lowest BCUT2D eigenvalue weighted by Gasteiger charge is -2.10. The number of nitrogens with one attached hydrogen (secondary N) is 1. The summed E-state index contributed by atoms with van der Waals surface area (Å²) in [7, 11) is 0. The van der Waals surface area contributed by atoms with Gasteiger partial charge in [0, 0.05) is 0 Å². The largest absolute Gasteiger partial charge is 0.416 e. The summed E-state index contributed by atoms with van der Waals surface area (Å²) in [6.07, 6.45) is -4.29. The Morgan fingerprint density at radius 1 is 1.31 bits per heavy atom. The van der Waals surface area contributed by atoms with Crippen LogP contribution in [0, 0.1) is 6.92 Å². The number of rotatable bonds is 1. The molecular formula is C8H9F3N2. The summed E-state index contributed by atoms with van der Waals surface area (Å²) in [5, 5.41) is 0. The Bertz CT molecular complexity index is 307. The van der Waals surface area contributed by atoms with Crippen molar-refractivity contribution in [2.45, 2.75) is 13.1 Å². The lowest BCUT2D eigenvalue weighted by atomic mass is 10.1. The van der Waals surface area contributed by atoms with Crippen molar-refractivity contribution in [3.05, 3.63) is 29.3 Å². The highest BCUT2D eigenvalue weighted by molar-refractivity contribution is 5.51. The zero-order valence-electron chi connectivity index (χ0n) is 6.94. The van der Waals surface area contributed by atoms with E-state index < -0.39 is 11.7 Å². The number of benzene rings is 1. The molecule has 0 bridgehead atoms. The Kier molecular flexibility index (Phi) is 2.47. The van der Waals surface area contributed by atoms with Crippen LogP contribution in [0.25, 0.3) is 0 Å². The zero-order chi connectivity index (χ0) is 10.1. The molecule has 0 amide bonds. The minimum Gasteiger partial charge on any atom is -0.324 e. The Morgan fingerprint density at radius 2 is 1.92 bits per heavy atom. The number of hydrogen-bond donors (Lipinski definition) is 2. The fourth-order valence-electron chi connectivity index (χ4n) is 1.00. The normalized spacial score (nSPS) is 11.5. The highest BCUT2D eigenvalue weighted by Gasteiger charge is 2.30. The van der Waals surface area contributed by atoms with Crippen molar-refractivity contribution in [3.63, 3.8) is 0 Å². The van der Waals surface area contributed by atoms with Crippen LogP contribution < -0.4 is 11.3 Å². The predicted octanol–water partition coefficient (Wildman–Crippen LogP) is 2.30. The van der Waals surface area contributed by atoms with Crippen LogP contribution in [-0.4, -0.2) is 0 Å². The smallest absolute Gasteiger partial charge is 0.324 e. The van der Waals surface area contributed by atoms with E-state index in [1.165, 1.54) is 6.07 Å². The molecule has 0 spiro atoms. The van der Waals surface area contributed by atoms with Crippen LogP contribution in [0.2, 0.25) is 0 Å². The second kappa shape index (κ2) is 3.26. The van der Waals surface area contributed by atoms with Gasteiger partial charge in [0.25, 0.3) is 0 Å². The van der Waals surface area contributed by atoms with Crippen molar-refractivity contribution in [1.29, 1.82) is 0 Å². The quantitative estimate of drug-likeness (QED) is 0.526. The van der Waals surface area contributed by atoms with Crippen LogP contribution in [0.3, 0.4) is 0 Å². The highest BCUT2D eigenvalue weighted by atomic mass is 19.4. The molecule has 13 heavy (non-hydrogen) atoms. The molecular weight excluding hydrogens is 181 g/mol. The lowest BCUT2D eigenvalue weighted by molar-refractivity contribution is -0.137. The number of nitrogens with two attached hydrogens (primary N) is 1. The zero-order valence-corrected chi connectivity index (χ0v) is 6.94. The second-order valence-corrected chi connectivity index (χ2v) is 2.67. The molecule has 0 aliphatic rings. The van der Waals surface area contributed by atoms with Gasteiger partial charge in [0.05, 0.1) is 11.3 Å². The average Bonchev–Trinajstić information content (AvgIpc) is 2.02. The summed E-state index contributed by atoms with van der Waals surface area (Å²) in [6.45, 7) is 1.56. The number of halogens is 3. The Balaban J connectivity index is 3.10. The second-order valence-electron chi connectivity index (χ2n) is 2.67. The van der Waals surface area contributed by atoms with Gasteiger partial charge >= 0.3 is 6.18 Å². The van der Waals surface area contributed by atoms with Gasteiger partial charge in [-0.3, -0.25) is 5.84 Å². The third-order valence-corrected chi connectivity index (χ3v) is 1.71. The Labute approximate surface area is 73.5 Å². The summed E-state index contributed by atoms with van der Waals surface area (Å²) >= 11 is 0. The molecule has 1 aromatic rings. The Hall–Kier alpha value is -1.23. The molecule has 72 valence electrons. The van der Waals surface area contributed by atoms with Crippen molar-refractivity contribution in [1.82, 2.24) is 0 Å². The van der Waals surface area contributed by atoms with Crippen molar-refractivity contribution in [3.8, 4) is 0 Å². The molecule has 2 nitrogen and oxygen atoms in total. The van der Waals surface area contributed by atoms with E-state index in [-0.39, 0.29) is 0 Å². The number of nitrogen functional groups attached to an aromatic ring is 1. The van der Waals surface area contributed by atoms with Gasteiger partial charge in [-0.25, -0.2) is 0 Å². The predicted molar refractivity (Wildman–Crippen MR) is 44.0 cm³/mol. The molecule has 0 saturated heterocycles. The van der Waals surface area contributed by atoms with Crippen molar-refractivity contribution >= 4 is 5.69 Å². The molecule has 0 aromatic heterocycles. The summed E-state index contributed by atoms with van der Waals surface area (Å²) in [6, 6.07) is 3.34. The molecule has 0 radical (unpaired) electrons. The first-order valence-electron chi connectivity index (χ1n) is 3.59. The molecule has 0 heterocycles. The van der Waals surface area contributed by atoms with Gasteiger partial charge < -0.3 is 5.43 Å². The maximum atomic E-state index is 12.2. The van der Waals surface area contributed by atoms with Crippen LogP contribution in [0.5, 0.6) is 0 Å². The van der Waals surface area contributed by atoms with Crippen molar-refractivity contribution in [2.24, 2.45) is 5.84 Å². The third kappa shape index (κ3) is 2.12. The average molecular weight is 190 g/mol. The van der Waals surface area contributed by atoms with E-state index in [0.717, 1.165) is 12.1 Å². The topological polar surface area (TPSA) is 38.0 Å². The molecule has 1 rings (SSSR count). The van der Waals surface area contributed by atoms with Crippen molar-refractivity contribution in [2.75, 3.05) is 5.43 Å². The number of hydrogen-bond acceptors (Lipinski definition) is 2. The number of alkyl halides is 3. The van der Waals surface area contributed by atoms with Gasteiger partial charge in [0.15, 0.2) is 0 Å². The van der Waals surface area contributed by atoms with Crippen LogP contribution in [0.1, 0.15) is 11.1 Å².